The van der Waals surface area contributed by atoms with E-state index in [1.54, 1.807) is 11.3 Å². The standard InChI is InChI=1S/C10H11NS2/c1-3-8-7(2)11-10(13-8)9-5-4-6-12-9/h4-6H,3H2,1-2H3. The van der Waals surface area contributed by atoms with Gasteiger partial charge in [-0.15, -0.1) is 22.7 Å². The minimum atomic E-state index is 1.09. The summed E-state index contributed by atoms with van der Waals surface area (Å²) in [6, 6.07) is 4.20. The zero-order chi connectivity index (χ0) is 9.26. The molecule has 0 spiro atoms. The van der Waals surface area contributed by atoms with E-state index in [0.717, 1.165) is 6.42 Å². The largest absolute Gasteiger partial charge is 0.240 e. The molecule has 2 rings (SSSR count). The van der Waals surface area contributed by atoms with E-state index in [9.17, 15) is 0 Å². The fraction of sp³-hybridized carbons (Fsp3) is 0.300. The first-order valence-electron chi connectivity index (χ1n) is 4.31. The Morgan fingerprint density at radius 2 is 2.31 bits per heavy atom. The minimum absolute atomic E-state index is 1.09. The van der Waals surface area contributed by atoms with Crippen molar-refractivity contribution in [1.29, 1.82) is 0 Å². The number of hydrogen-bond acceptors (Lipinski definition) is 3. The van der Waals surface area contributed by atoms with Crippen LogP contribution in [-0.2, 0) is 6.42 Å². The maximum absolute atomic E-state index is 4.55. The summed E-state index contributed by atoms with van der Waals surface area (Å²) in [4.78, 5) is 7.24. The van der Waals surface area contributed by atoms with Crippen LogP contribution in [0.5, 0.6) is 0 Å². The van der Waals surface area contributed by atoms with Crippen LogP contribution in [-0.4, -0.2) is 4.98 Å². The molecule has 0 aliphatic heterocycles. The van der Waals surface area contributed by atoms with Gasteiger partial charge in [-0.05, 0) is 24.8 Å². The van der Waals surface area contributed by atoms with Gasteiger partial charge in [-0.1, -0.05) is 13.0 Å². The molecule has 0 radical (unpaired) electrons. The number of thiophene rings is 1. The third-order valence-corrected chi connectivity index (χ3v) is 4.29. The molecule has 0 bridgehead atoms. The Kier molecular flexibility index (Phi) is 2.47. The van der Waals surface area contributed by atoms with E-state index < -0.39 is 0 Å². The lowest BCUT2D eigenvalue weighted by atomic mass is 10.3. The first-order chi connectivity index (χ1) is 6.31. The summed E-state index contributed by atoms with van der Waals surface area (Å²) in [5.41, 5.74) is 1.19. The van der Waals surface area contributed by atoms with Crippen LogP contribution >= 0.6 is 22.7 Å². The number of nitrogens with zero attached hydrogens (tertiary/aromatic N) is 1. The van der Waals surface area contributed by atoms with Gasteiger partial charge in [0.15, 0.2) is 0 Å². The molecular formula is C10H11NS2. The molecule has 0 unspecified atom stereocenters. The number of aryl methyl sites for hydroxylation is 2. The summed E-state index contributed by atoms with van der Waals surface area (Å²) in [5, 5.41) is 3.27. The molecule has 1 nitrogen and oxygen atoms in total. The van der Waals surface area contributed by atoms with E-state index in [0.29, 0.717) is 0 Å². The summed E-state index contributed by atoms with van der Waals surface area (Å²) in [6.07, 6.45) is 1.09. The second kappa shape index (κ2) is 3.60. The monoisotopic (exact) mass is 209 g/mol. The molecule has 0 aromatic carbocycles. The Morgan fingerprint density at radius 1 is 1.46 bits per heavy atom. The molecule has 0 amide bonds. The van der Waals surface area contributed by atoms with Crippen LogP contribution in [0.15, 0.2) is 17.5 Å². The van der Waals surface area contributed by atoms with E-state index in [2.05, 4.69) is 36.3 Å². The topological polar surface area (TPSA) is 12.9 Å². The van der Waals surface area contributed by atoms with Crippen LogP contribution in [0.25, 0.3) is 9.88 Å². The Morgan fingerprint density at radius 3 is 2.85 bits per heavy atom. The molecule has 2 aromatic heterocycles. The quantitative estimate of drug-likeness (QED) is 0.734. The van der Waals surface area contributed by atoms with Crippen molar-refractivity contribution in [3.05, 3.63) is 28.1 Å². The second-order valence-electron chi connectivity index (χ2n) is 2.86. The van der Waals surface area contributed by atoms with E-state index in [1.165, 1.54) is 20.5 Å². The van der Waals surface area contributed by atoms with Crippen molar-refractivity contribution in [2.45, 2.75) is 20.3 Å². The summed E-state index contributed by atoms with van der Waals surface area (Å²) >= 11 is 3.57. The predicted octanol–water partition coefficient (Wildman–Crippen LogP) is 3.74. The lowest BCUT2D eigenvalue weighted by molar-refractivity contribution is 1.12. The number of aromatic nitrogens is 1. The highest BCUT2D eigenvalue weighted by molar-refractivity contribution is 7.21. The molecule has 68 valence electrons. The van der Waals surface area contributed by atoms with Crippen LogP contribution in [0.1, 0.15) is 17.5 Å². The van der Waals surface area contributed by atoms with Crippen molar-refractivity contribution in [3.8, 4) is 9.88 Å². The van der Waals surface area contributed by atoms with Crippen molar-refractivity contribution in [1.82, 2.24) is 4.98 Å². The van der Waals surface area contributed by atoms with Gasteiger partial charge in [0.25, 0.3) is 0 Å². The lowest BCUT2D eigenvalue weighted by Crippen LogP contribution is -1.77. The number of thiazole rings is 1. The zero-order valence-corrected chi connectivity index (χ0v) is 9.34. The van der Waals surface area contributed by atoms with E-state index in [-0.39, 0.29) is 0 Å². The van der Waals surface area contributed by atoms with Crippen molar-refractivity contribution in [2.75, 3.05) is 0 Å². The Hall–Kier alpha value is -0.670. The van der Waals surface area contributed by atoms with Gasteiger partial charge in [0.05, 0.1) is 10.6 Å². The van der Waals surface area contributed by atoms with Gasteiger partial charge in [0.1, 0.15) is 5.01 Å². The highest BCUT2D eigenvalue weighted by Gasteiger charge is 2.07. The summed E-state index contributed by atoms with van der Waals surface area (Å²) in [6.45, 7) is 4.27. The summed E-state index contributed by atoms with van der Waals surface area (Å²) in [5.74, 6) is 0. The van der Waals surface area contributed by atoms with Crippen molar-refractivity contribution >= 4 is 22.7 Å². The molecule has 13 heavy (non-hydrogen) atoms. The van der Waals surface area contributed by atoms with Gasteiger partial charge in [-0.3, -0.25) is 0 Å². The molecule has 2 heterocycles. The van der Waals surface area contributed by atoms with Crippen LogP contribution in [0.3, 0.4) is 0 Å². The average Bonchev–Trinajstić information content (AvgIpc) is 2.71. The highest BCUT2D eigenvalue weighted by Crippen LogP contribution is 2.30. The van der Waals surface area contributed by atoms with Crippen LogP contribution in [0.4, 0.5) is 0 Å². The third kappa shape index (κ3) is 1.67. The summed E-state index contributed by atoms with van der Waals surface area (Å²) < 4.78 is 0. The first-order valence-corrected chi connectivity index (χ1v) is 6.01. The normalized spacial score (nSPS) is 10.6. The Labute approximate surface area is 86.1 Å². The maximum Gasteiger partial charge on any atom is 0.133 e. The number of hydrogen-bond donors (Lipinski definition) is 0. The Balaban J connectivity index is 2.43. The average molecular weight is 209 g/mol. The second-order valence-corrected chi connectivity index (χ2v) is 4.89. The predicted molar refractivity (Wildman–Crippen MR) is 59.5 cm³/mol. The molecule has 0 fully saturated rings. The SMILES string of the molecule is CCc1sc(-c2cccs2)nc1C. The molecule has 0 N–H and O–H groups in total. The third-order valence-electron chi connectivity index (χ3n) is 1.95. The Bertz CT molecular complexity index is 387. The first kappa shape index (κ1) is 8.91. The smallest absolute Gasteiger partial charge is 0.133 e. The fourth-order valence-corrected chi connectivity index (χ4v) is 3.06. The van der Waals surface area contributed by atoms with Gasteiger partial charge in [-0.25, -0.2) is 4.98 Å². The van der Waals surface area contributed by atoms with Crippen LogP contribution in [0, 0.1) is 6.92 Å². The molecule has 3 heteroatoms. The molecule has 0 saturated carbocycles. The van der Waals surface area contributed by atoms with Gasteiger partial charge in [0.2, 0.25) is 0 Å². The van der Waals surface area contributed by atoms with Gasteiger partial charge in [0, 0.05) is 4.88 Å². The van der Waals surface area contributed by atoms with Gasteiger partial charge in [-0.2, -0.15) is 0 Å². The van der Waals surface area contributed by atoms with Crippen LogP contribution < -0.4 is 0 Å². The molecule has 0 atom stereocenters. The molecule has 0 aliphatic rings. The minimum Gasteiger partial charge on any atom is -0.240 e. The number of rotatable bonds is 2. The van der Waals surface area contributed by atoms with E-state index in [4.69, 9.17) is 0 Å². The maximum atomic E-state index is 4.55. The van der Waals surface area contributed by atoms with Crippen molar-refractivity contribution in [3.63, 3.8) is 0 Å². The highest BCUT2D eigenvalue weighted by atomic mass is 32.1. The molecule has 2 aromatic rings. The van der Waals surface area contributed by atoms with E-state index in [1.807, 2.05) is 11.3 Å². The molecular weight excluding hydrogens is 198 g/mol. The lowest BCUT2D eigenvalue weighted by Gasteiger charge is -1.85. The van der Waals surface area contributed by atoms with Crippen molar-refractivity contribution < 1.29 is 0 Å². The zero-order valence-electron chi connectivity index (χ0n) is 7.70. The van der Waals surface area contributed by atoms with Crippen molar-refractivity contribution in [2.24, 2.45) is 0 Å². The molecule has 0 aliphatic carbocycles. The van der Waals surface area contributed by atoms with Gasteiger partial charge >= 0.3 is 0 Å². The summed E-state index contributed by atoms with van der Waals surface area (Å²) in [7, 11) is 0. The molecule has 0 saturated heterocycles. The van der Waals surface area contributed by atoms with Crippen LogP contribution in [0.2, 0.25) is 0 Å². The van der Waals surface area contributed by atoms with Gasteiger partial charge < -0.3 is 0 Å². The fourth-order valence-electron chi connectivity index (χ4n) is 1.26. The van der Waals surface area contributed by atoms with E-state index >= 15 is 0 Å².